The summed E-state index contributed by atoms with van der Waals surface area (Å²) < 4.78 is 0. The van der Waals surface area contributed by atoms with Crippen molar-refractivity contribution in [3.8, 4) is 5.75 Å². The molecular formula is C36H45N7O8. The molecule has 272 valence electrons. The standard InChI is InChI=1S/C36H45N7O8/c1-22(2)15-30(36(50)51)43-35(49)29(17-23-7-4-3-5-8-23)41-32(46)21-39-31(45)20-40-34(48)28(18-24-10-12-26(44)13-11-24)42-33(47)27(37)16-25-9-6-14-38-19-25/h3-14,19,22,27-30,44H,15-18,20-21,37H2,1-2H3,(H,39,45)(H,40,48)(H,41,46)(H,42,47)(H,43,49)(H,50,51)/t27-,28-,29-,30-/m0/s1. The van der Waals surface area contributed by atoms with E-state index in [4.69, 9.17) is 5.73 Å². The van der Waals surface area contributed by atoms with Crippen molar-refractivity contribution in [2.45, 2.75) is 63.7 Å². The topological polar surface area (TPSA) is 242 Å². The Kier molecular flexibility index (Phi) is 15.5. The Bertz CT molecular complexity index is 1620. The van der Waals surface area contributed by atoms with Gasteiger partial charge in [-0.2, -0.15) is 0 Å². The molecule has 0 saturated heterocycles. The van der Waals surface area contributed by atoms with Crippen LogP contribution in [0.1, 0.15) is 37.0 Å². The van der Waals surface area contributed by atoms with Crippen LogP contribution in [0.2, 0.25) is 0 Å². The molecule has 0 bridgehead atoms. The highest BCUT2D eigenvalue weighted by Gasteiger charge is 2.28. The minimum atomic E-state index is -1.20. The number of nitrogens with one attached hydrogen (secondary N) is 5. The molecule has 4 atom stereocenters. The lowest BCUT2D eigenvalue weighted by molar-refractivity contribution is -0.142. The van der Waals surface area contributed by atoms with Crippen LogP contribution in [0.4, 0.5) is 0 Å². The number of aliphatic carboxylic acids is 1. The van der Waals surface area contributed by atoms with Gasteiger partial charge in [0.25, 0.3) is 0 Å². The van der Waals surface area contributed by atoms with Gasteiger partial charge in [-0.15, -0.1) is 0 Å². The van der Waals surface area contributed by atoms with Crippen LogP contribution in [0.3, 0.4) is 0 Å². The Morgan fingerprint density at radius 2 is 1.25 bits per heavy atom. The zero-order valence-electron chi connectivity index (χ0n) is 28.5. The van der Waals surface area contributed by atoms with Crippen molar-refractivity contribution in [1.29, 1.82) is 0 Å². The molecule has 1 aromatic heterocycles. The Hall–Kier alpha value is -5.83. The Morgan fingerprint density at radius 1 is 0.667 bits per heavy atom. The number of amides is 5. The van der Waals surface area contributed by atoms with E-state index in [1.54, 1.807) is 67.0 Å². The fourth-order valence-corrected chi connectivity index (χ4v) is 5.02. The predicted octanol–water partition coefficient (Wildman–Crippen LogP) is -0.0401. The number of pyridine rings is 1. The molecule has 3 rings (SSSR count). The summed E-state index contributed by atoms with van der Waals surface area (Å²) >= 11 is 0. The van der Waals surface area contributed by atoms with Gasteiger partial charge in [0.1, 0.15) is 23.9 Å². The van der Waals surface area contributed by atoms with Crippen LogP contribution in [0.15, 0.2) is 79.1 Å². The summed E-state index contributed by atoms with van der Waals surface area (Å²) in [5, 5.41) is 31.7. The van der Waals surface area contributed by atoms with Crippen molar-refractivity contribution in [1.82, 2.24) is 31.6 Å². The van der Waals surface area contributed by atoms with E-state index in [0.717, 1.165) is 5.56 Å². The molecule has 0 aliphatic carbocycles. The van der Waals surface area contributed by atoms with Gasteiger partial charge in [0.2, 0.25) is 29.5 Å². The van der Waals surface area contributed by atoms with Crippen LogP contribution in [0, 0.1) is 5.92 Å². The number of phenols is 1. The third kappa shape index (κ3) is 14.3. The first kappa shape index (κ1) is 39.6. The number of nitrogens with zero attached hydrogens (tertiary/aromatic N) is 1. The van der Waals surface area contributed by atoms with Gasteiger partial charge in [0.15, 0.2) is 0 Å². The van der Waals surface area contributed by atoms with Crippen LogP contribution >= 0.6 is 0 Å². The number of carboxylic acids is 1. The maximum absolute atomic E-state index is 13.2. The van der Waals surface area contributed by atoms with Gasteiger partial charge >= 0.3 is 5.97 Å². The maximum Gasteiger partial charge on any atom is 0.326 e. The number of benzene rings is 2. The number of nitrogens with two attached hydrogens (primary N) is 1. The Morgan fingerprint density at radius 3 is 1.86 bits per heavy atom. The van der Waals surface area contributed by atoms with E-state index in [1.807, 2.05) is 13.8 Å². The number of carbonyl (C=O) groups excluding carboxylic acids is 5. The second kappa shape index (κ2) is 20.0. The SMILES string of the molecule is CC(C)C[C@H](NC(=O)[C@H](Cc1ccccc1)NC(=O)CNC(=O)CNC(=O)[C@H](Cc1ccc(O)cc1)NC(=O)[C@@H](N)Cc1cccnc1)C(=O)O. The highest BCUT2D eigenvalue weighted by atomic mass is 16.4. The third-order valence-corrected chi connectivity index (χ3v) is 7.65. The third-order valence-electron chi connectivity index (χ3n) is 7.65. The van der Waals surface area contributed by atoms with Gasteiger partial charge in [-0.25, -0.2) is 4.79 Å². The van der Waals surface area contributed by atoms with Gasteiger partial charge in [-0.05, 0) is 53.6 Å². The van der Waals surface area contributed by atoms with Gasteiger partial charge in [0, 0.05) is 25.2 Å². The second-order valence-corrected chi connectivity index (χ2v) is 12.4. The molecule has 0 spiro atoms. The van der Waals surface area contributed by atoms with Gasteiger partial charge in [-0.3, -0.25) is 29.0 Å². The summed E-state index contributed by atoms with van der Waals surface area (Å²) in [5.41, 5.74) is 8.15. The lowest BCUT2D eigenvalue weighted by Crippen LogP contribution is -2.55. The van der Waals surface area contributed by atoms with Crippen LogP contribution in [-0.2, 0) is 48.0 Å². The molecule has 1 heterocycles. The summed E-state index contributed by atoms with van der Waals surface area (Å²) in [7, 11) is 0. The van der Waals surface area contributed by atoms with Gasteiger partial charge in [-0.1, -0.05) is 62.4 Å². The second-order valence-electron chi connectivity index (χ2n) is 12.4. The van der Waals surface area contributed by atoms with Crippen molar-refractivity contribution in [3.05, 3.63) is 95.8 Å². The molecule has 15 heteroatoms. The van der Waals surface area contributed by atoms with Crippen molar-refractivity contribution >= 4 is 35.5 Å². The predicted molar refractivity (Wildman–Crippen MR) is 187 cm³/mol. The normalized spacial score (nSPS) is 13.2. The number of hydrogen-bond donors (Lipinski definition) is 8. The Labute approximate surface area is 295 Å². The first-order valence-electron chi connectivity index (χ1n) is 16.4. The zero-order chi connectivity index (χ0) is 37.3. The number of carboxylic acid groups (broad SMARTS) is 1. The Balaban J connectivity index is 1.59. The van der Waals surface area contributed by atoms with Crippen molar-refractivity contribution < 1.29 is 39.0 Å². The van der Waals surface area contributed by atoms with Crippen molar-refractivity contribution in [2.75, 3.05) is 13.1 Å². The number of aromatic hydroxyl groups is 1. The smallest absolute Gasteiger partial charge is 0.326 e. The first-order chi connectivity index (χ1) is 24.3. The molecule has 0 radical (unpaired) electrons. The first-order valence-corrected chi connectivity index (χ1v) is 16.4. The van der Waals surface area contributed by atoms with Crippen molar-refractivity contribution in [2.24, 2.45) is 11.7 Å². The zero-order valence-corrected chi connectivity index (χ0v) is 28.5. The molecule has 0 unspecified atom stereocenters. The average Bonchev–Trinajstić information content (AvgIpc) is 3.10. The van der Waals surface area contributed by atoms with E-state index in [9.17, 15) is 39.0 Å². The van der Waals surface area contributed by atoms with E-state index in [1.165, 1.54) is 12.1 Å². The van der Waals surface area contributed by atoms with E-state index < -0.39 is 72.8 Å². The molecular weight excluding hydrogens is 658 g/mol. The summed E-state index contributed by atoms with van der Waals surface area (Å²) in [6.45, 7) is 2.56. The molecule has 51 heavy (non-hydrogen) atoms. The number of hydrogen-bond acceptors (Lipinski definition) is 9. The largest absolute Gasteiger partial charge is 0.508 e. The number of carbonyl (C=O) groups is 6. The minimum absolute atomic E-state index is 0.0152. The highest BCUT2D eigenvalue weighted by Crippen LogP contribution is 2.12. The highest BCUT2D eigenvalue weighted by molar-refractivity contribution is 5.94. The van der Waals surface area contributed by atoms with Crippen molar-refractivity contribution in [3.63, 3.8) is 0 Å². The average molecular weight is 704 g/mol. The van der Waals surface area contributed by atoms with Crippen LogP contribution < -0.4 is 32.3 Å². The number of aromatic nitrogens is 1. The van der Waals surface area contributed by atoms with Crippen LogP contribution in [-0.4, -0.2) is 88.0 Å². The van der Waals surface area contributed by atoms with E-state index in [2.05, 4.69) is 31.6 Å². The maximum atomic E-state index is 13.2. The molecule has 15 nitrogen and oxygen atoms in total. The fraction of sp³-hybridized carbons (Fsp3) is 0.361. The minimum Gasteiger partial charge on any atom is -0.508 e. The van der Waals surface area contributed by atoms with Gasteiger partial charge in [0.05, 0.1) is 19.1 Å². The molecule has 0 aliphatic rings. The molecule has 0 fully saturated rings. The molecule has 0 aliphatic heterocycles. The quantitative estimate of drug-likeness (QED) is 0.0828. The molecule has 3 aromatic rings. The number of rotatable bonds is 19. The van der Waals surface area contributed by atoms with E-state index in [0.29, 0.717) is 11.1 Å². The summed E-state index contributed by atoms with van der Waals surface area (Å²) in [4.78, 5) is 80.5. The monoisotopic (exact) mass is 703 g/mol. The van der Waals surface area contributed by atoms with E-state index in [-0.39, 0.29) is 37.4 Å². The van der Waals surface area contributed by atoms with E-state index >= 15 is 0 Å². The van der Waals surface area contributed by atoms with Gasteiger partial charge < -0.3 is 42.5 Å². The lowest BCUT2D eigenvalue weighted by Gasteiger charge is -2.23. The molecule has 0 saturated carbocycles. The molecule has 2 aromatic carbocycles. The lowest BCUT2D eigenvalue weighted by atomic mass is 10.0. The summed E-state index contributed by atoms with van der Waals surface area (Å²) in [5.74, 6) is -4.64. The fourth-order valence-electron chi connectivity index (χ4n) is 5.02. The molecule has 9 N–H and O–H groups in total. The summed E-state index contributed by atoms with van der Waals surface area (Å²) in [6.07, 6.45) is 3.61. The van der Waals surface area contributed by atoms with Crippen LogP contribution in [0.5, 0.6) is 5.75 Å². The number of phenolic OH excluding ortho intramolecular Hbond substituents is 1. The molecule has 5 amide bonds. The van der Waals surface area contributed by atoms with Crippen LogP contribution in [0.25, 0.3) is 0 Å². The summed E-state index contributed by atoms with van der Waals surface area (Å²) in [6, 6.07) is 13.9.